The molecule has 3 nitrogen and oxygen atoms in total. The zero-order chi connectivity index (χ0) is 17.4. The second-order valence-corrected chi connectivity index (χ2v) is 9.34. The SMILES string of the molecule is CC(C)(C)c1cc(C(=S)Sn2cccn2)cc(C(C)(C)C)c1O. The summed E-state index contributed by atoms with van der Waals surface area (Å²) >= 11 is 7.00. The number of phenols is 1. The van der Waals surface area contributed by atoms with Gasteiger partial charge in [0, 0.05) is 41.0 Å². The Kier molecular flexibility index (Phi) is 4.92. The third-order valence-electron chi connectivity index (χ3n) is 3.62. The van der Waals surface area contributed by atoms with E-state index in [0.717, 1.165) is 20.9 Å². The fraction of sp³-hybridized carbons (Fsp3) is 0.444. The van der Waals surface area contributed by atoms with Crippen molar-refractivity contribution in [3.05, 3.63) is 47.3 Å². The Balaban J connectivity index is 2.53. The van der Waals surface area contributed by atoms with Crippen LogP contribution in [0.4, 0.5) is 0 Å². The molecule has 0 radical (unpaired) electrons. The Labute approximate surface area is 148 Å². The molecule has 0 saturated carbocycles. The van der Waals surface area contributed by atoms with E-state index < -0.39 is 0 Å². The minimum Gasteiger partial charge on any atom is -0.507 e. The maximum Gasteiger partial charge on any atom is 0.123 e. The van der Waals surface area contributed by atoms with E-state index in [1.165, 1.54) is 11.9 Å². The van der Waals surface area contributed by atoms with Gasteiger partial charge in [0.25, 0.3) is 0 Å². The number of thiocarbonyl (C=S) groups is 1. The summed E-state index contributed by atoms with van der Waals surface area (Å²) in [6.45, 7) is 12.6. The number of hydrogen-bond acceptors (Lipinski definition) is 4. The molecular weight excluding hydrogens is 324 g/mol. The van der Waals surface area contributed by atoms with Crippen molar-refractivity contribution in [1.29, 1.82) is 0 Å². The highest BCUT2D eigenvalue weighted by Gasteiger charge is 2.27. The van der Waals surface area contributed by atoms with E-state index in [-0.39, 0.29) is 10.8 Å². The molecule has 0 aliphatic heterocycles. The van der Waals surface area contributed by atoms with Crippen LogP contribution in [0.1, 0.15) is 58.2 Å². The van der Waals surface area contributed by atoms with Crippen LogP contribution < -0.4 is 0 Å². The van der Waals surface area contributed by atoms with Gasteiger partial charge in [-0.25, -0.2) is 4.09 Å². The Hall–Kier alpha value is -1.33. The molecule has 0 aliphatic carbocycles. The van der Waals surface area contributed by atoms with Crippen LogP contribution in [0.2, 0.25) is 0 Å². The average Bonchev–Trinajstić information content (AvgIpc) is 2.88. The number of benzene rings is 1. The molecule has 0 atom stereocenters. The summed E-state index contributed by atoms with van der Waals surface area (Å²) in [5, 5.41) is 14.9. The first kappa shape index (κ1) is 18.0. The summed E-state index contributed by atoms with van der Waals surface area (Å²) in [5.41, 5.74) is 2.47. The number of hydrogen-bond donors (Lipinski definition) is 1. The lowest BCUT2D eigenvalue weighted by Crippen LogP contribution is -2.18. The highest BCUT2D eigenvalue weighted by atomic mass is 32.2. The monoisotopic (exact) mass is 348 g/mol. The van der Waals surface area contributed by atoms with E-state index in [9.17, 15) is 5.11 Å². The van der Waals surface area contributed by atoms with Crippen LogP contribution in [0.5, 0.6) is 5.75 Å². The van der Waals surface area contributed by atoms with Crippen molar-refractivity contribution < 1.29 is 5.11 Å². The fourth-order valence-electron chi connectivity index (χ4n) is 2.34. The summed E-state index contributed by atoms with van der Waals surface area (Å²) in [6.07, 6.45) is 3.60. The van der Waals surface area contributed by atoms with Crippen LogP contribution in [-0.2, 0) is 10.8 Å². The van der Waals surface area contributed by atoms with Crippen LogP contribution in [0.3, 0.4) is 0 Å². The molecule has 2 aromatic rings. The van der Waals surface area contributed by atoms with Gasteiger partial charge in [0.05, 0.1) is 0 Å². The van der Waals surface area contributed by atoms with Crippen molar-refractivity contribution in [2.75, 3.05) is 0 Å². The van der Waals surface area contributed by atoms with Crippen molar-refractivity contribution in [3.8, 4) is 5.75 Å². The second-order valence-electron chi connectivity index (χ2n) is 7.71. The van der Waals surface area contributed by atoms with Crippen molar-refractivity contribution in [1.82, 2.24) is 9.19 Å². The normalized spacial score (nSPS) is 12.4. The molecule has 0 fully saturated rings. The van der Waals surface area contributed by atoms with Gasteiger partial charge in [0.15, 0.2) is 0 Å². The lowest BCUT2D eigenvalue weighted by molar-refractivity contribution is 0.423. The van der Waals surface area contributed by atoms with E-state index in [2.05, 4.69) is 46.6 Å². The third kappa shape index (κ3) is 4.15. The Morgan fingerprint density at radius 2 is 1.61 bits per heavy atom. The molecule has 1 N–H and O–H groups in total. The summed E-state index contributed by atoms with van der Waals surface area (Å²) in [6, 6.07) is 5.88. The molecule has 1 aromatic carbocycles. The zero-order valence-electron chi connectivity index (χ0n) is 14.5. The summed E-state index contributed by atoms with van der Waals surface area (Å²) in [4.78, 5) is 0. The molecule has 0 bridgehead atoms. The van der Waals surface area contributed by atoms with Crippen LogP contribution in [0.15, 0.2) is 30.6 Å². The predicted octanol–water partition coefficient (Wildman–Crippen LogP) is 5.06. The van der Waals surface area contributed by atoms with E-state index in [4.69, 9.17) is 12.2 Å². The van der Waals surface area contributed by atoms with E-state index in [1.54, 1.807) is 10.3 Å². The van der Waals surface area contributed by atoms with E-state index in [0.29, 0.717) is 5.75 Å². The Morgan fingerprint density at radius 3 is 2.00 bits per heavy atom. The maximum atomic E-state index is 10.8. The van der Waals surface area contributed by atoms with E-state index >= 15 is 0 Å². The molecule has 1 aromatic heterocycles. The molecular formula is C18H24N2OS2. The molecule has 0 aliphatic rings. The first-order chi connectivity index (χ1) is 10.5. The molecule has 0 unspecified atom stereocenters. The molecule has 1 heterocycles. The summed E-state index contributed by atoms with van der Waals surface area (Å²) < 4.78 is 2.48. The third-order valence-corrected chi connectivity index (χ3v) is 4.88. The second kappa shape index (κ2) is 6.29. The van der Waals surface area contributed by atoms with Crippen LogP contribution in [0, 0.1) is 0 Å². The van der Waals surface area contributed by atoms with Gasteiger partial charge >= 0.3 is 0 Å². The topological polar surface area (TPSA) is 38.0 Å². The van der Waals surface area contributed by atoms with E-state index in [1.807, 2.05) is 24.4 Å². The summed E-state index contributed by atoms with van der Waals surface area (Å²) in [5.74, 6) is 0.376. The van der Waals surface area contributed by atoms with Gasteiger partial charge in [0.1, 0.15) is 9.95 Å². The molecule has 0 amide bonds. The standard InChI is InChI=1S/C18H24N2OS2/c1-17(2,3)13-10-12(11-14(15(13)21)18(4,5)6)16(22)23-20-9-7-8-19-20/h7-11,21H,1-6H3. The number of aromatic nitrogens is 2. The molecule has 0 spiro atoms. The van der Waals surface area contributed by atoms with Crippen molar-refractivity contribution in [3.63, 3.8) is 0 Å². The van der Waals surface area contributed by atoms with Crippen LogP contribution in [-0.4, -0.2) is 18.5 Å². The van der Waals surface area contributed by atoms with Crippen molar-refractivity contribution in [2.45, 2.75) is 52.4 Å². The fourth-order valence-corrected chi connectivity index (χ4v) is 3.32. The first-order valence-corrected chi connectivity index (χ1v) is 8.78. The lowest BCUT2D eigenvalue weighted by atomic mass is 9.78. The van der Waals surface area contributed by atoms with Crippen molar-refractivity contribution in [2.24, 2.45) is 0 Å². The molecule has 0 saturated heterocycles. The molecule has 2 rings (SSSR count). The first-order valence-electron chi connectivity index (χ1n) is 7.60. The number of phenolic OH excluding ortho intramolecular Hbond substituents is 1. The van der Waals surface area contributed by atoms with Gasteiger partial charge in [-0.3, -0.25) is 0 Å². The quantitative estimate of drug-likeness (QED) is 0.770. The van der Waals surface area contributed by atoms with Crippen molar-refractivity contribution >= 4 is 28.4 Å². The van der Waals surface area contributed by atoms with Crippen LogP contribution >= 0.6 is 24.2 Å². The number of rotatable bonds is 2. The summed E-state index contributed by atoms with van der Waals surface area (Å²) in [7, 11) is 0. The lowest BCUT2D eigenvalue weighted by Gasteiger charge is -2.28. The number of nitrogens with zero attached hydrogens (tertiary/aromatic N) is 2. The molecule has 23 heavy (non-hydrogen) atoms. The highest BCUT2D eigenvalue weighted by molar-refractivity contribution is 8.22. The van der Waals surface area contributed by atoms with Crippen LogP contribution in [0.25, 0.3) is 0 Å². The minimum absolute atomic E-state index is 0.161. The maximum absolute atomic E-state index is 10.8. The largest absolute Gasteiger partial charge is 0.507 e. The van der Waals surface area contributed by atoms with Gasteiger partial charge < -0.3 is 5.11 Å². The zero-order valence-corrected chi connectivity index (χ0v) is 16.2. The smallest absolute Gasteiger partial charge is 0.123 e. The Morgan fingerprint density at radius 1 is 1.09 bits per heavy atom. The van der Waals surface area contributed by atoms with Gasteiger partial charge in [-0.1, -0.05) is 53.8 Å². The Bertz CT molecular complexity index is 673. The average molecular weight is 349 g/mol. The highest BCUT2D eigenvalue weighted by Crippen LogP contribution is 2.40. The minimum atomic E-state index is -0.161. The number of aromatic hydroxyl groups is 1. The predicted molar refractivity (Wildman–Crippen MR) is 102 cm³/mol. The van der Waals surface area contributed by atoms with Gasteiger partial charge in [0.2, 0.25) is 0 Å². The molecule has 5 heteroatoms. The van der Waals surface area contributed by atoms with Gasteiger partial charge in [-0.05, 0) is 29.0 Å². The van der Waals surface area contributed by atoms with Gasteiger partial charge in [-0.2, -0.15) is 5.10 Å². The van der Waals surface area contributed by atoms with Gasteiger partial charge in [-0.15, -0.1) is 0 Å². The molecule has 124 valence electrons.